The average molecular weight is 423 g/mol. The van der Waals surface area contributed by atoms with Crippen molar-refractivity contribution in [1.82, 2.24) is 0 Å². The second kappa shape index (κ2) is 7.23. The van der Waals surface area contributed by atoms with Crippen LogP contribution in [0.5, 0.6) is 0 Å². The highest BCUT2D eigenvalue weighted by molar-refractivity contribution is 6.31. The minimum atomic E-state index is -0.980. The summed E-state index contributed by atoms with van der Waals surface area (Å²) >= 11 is 6.06. The Kier molecular flexibility index (Phi) is 4.53. The molecular weight excluding hydrogens is 407 g/mol. The number of hydrogen-bond acceptors (Lipinski definition) is 4. The SMILES string of the molecule is O=C1[C@@H]2[C@@H](ON(c3ccccc3)[C@H]2c2ccc(F)cc2)C(=O)N1c1cccc(Cl)c1. The van der Waals surface area contributed by atoms with Gasteiger partial charge in [-0.1, -0.05) is 48.0 Å². The predicted molar refractivity (Wildman–Crippen MR) is 110 cm³/mol. The lowest BCUT2D eigenvalue weighted by Gasteiger charge is -2.28. The van der Waals surface area contributed by atoms with Gasteiger partial charge in [-0.05, 0) is 48.0 Å². The van der Waals surface area contributed by atoms with Gasteiger partial charge < -0.3 is 0 Å². The predicted octanol–water partition coefficient (Wildman–Crippen LogP) is 4.53. The Labute approximate surface area is 177 Å². The van der Waals surface area contributed by atoms with Crippen LogP contribution in [0.4, 0.5) is 15.8 Å². The van der Waals surface area contributed by atoms with Gasteiger partial charge in [-0.25, -0.2) is 14.4 Å². The minimum absolute atomic E-state index is 0.375. The second-order valence-electron chi connectivity index (χ2n) is 7.20. The Morgan fingerprint density at radius 3 is 2.23 bits per heavy atom. The summed E-state index contributed by atoms with van der Waals surface area (Å²) in [7, 11) is 0. The van der Waals surface area contributed by atoms with Crippen molar-refractivity contribution in [3.8, 4) is 0 Å². The third kappa shape index (κ3) is 2.96. The molecular formula is C23H16ClFN2O3. The van der Waals surface area contributed by atoms with Crippen molar-refractivity contribution in [2.24, 2.45) is 5.92 Å². The highest BCUT2D eigenvalue weighted by Gasteiger charge is 2.60. The molecule has 2 heterocycles. The lowest BCUT2D eigenvalue weighted by atomic mass is 9.90. The first-order valence-electron chi connectivity index (χ1n) is 9.44. The summed E-state index contributed by atoms with van der Waals surface area (Å²) in [4.78, 5) is 33.7. The molecule has 3 aromatic carbocycles. The van der Waals surface area contributed by atoms with E-state index in [0.717, 1.165) is 4.90 Å². The Bertz CT molecular complexity index is 1120. The van der Waals surface area contributed by atoms with Gasteiger partial charge >= 0.3 is 0 Å². The van der Waals surface area contributed by atoms with Gasteiger partial charge in [-0.2, -0.15) is 0 Å². The number of carbonyl (C=O) groups excluding carboxylic acids is 2. The molecule has 0 spiro atoms. The molecule has 0 aromatic heterocycles. The molecule has 0 saturated carbocycles. The topological polar surface area (TPSA) is 49.9 Å². The van der Waals surface area contributed by atoms with Crippen molar-refractivity contribution in [3.05, 3.63) is 95.3 Å². The zero-order valence-corrected chi connectivity index (χ0v) is 16.4. The summed E-state index contributed by atoms with van der Waals surface area (Å²) < 4.78 is 13.5. The third-order valence-electron chi connectivity index (χ3n) is 5.40. The van der Waals surface area contributed by atoms with Crippen LogP contribution in [0.1, 0.15) is 11.6 Å². The number of anilines is 2. The molecule has 0 unspecified atom stereocenters. The van der Waals surface area contributed by atoms with E-state index in [2.05, 4.69) is 0 Å². The van der Waals surface area contributed by atoms with Crippen LogP contribution in [0.2, 0.25) is 5.02 Å². The number of rotatable bonds is 3. The molecule has 0 N–H and O–H groups in total. The molecule has 2 saturated heterocycles. The maximum absolute atomic E-state index is 13.5. The molecule has 3 aromatic rings. The summed E-state index contributed by atoms with van der Waals surface area (Å²) in [5.41, 5.74) is 1.79. The maximum Gasteiger partial charge on any atom is 0.266 e. The first-order chi connectivity index (χ1) is 14.5. The number of para-hydroxylation sites is 1. The van der Waals surface area contributed by atoms with Crippen molar-refractivity contribution in [1.29, 1.82) is 0 Å². The molecule has 0 radical (unpaired) electrons. The third-order valence-corrected chi connectivity index (χ3v) is 5.64. The first kappa shape index (κ1) is 18.8. The van der Waals surface area contributed by atoms with E-state index in [0.29, 0.717) is 22.0 Å². The Morgan fingerprint density at radius 1 is 0.833 bits per heavy atom. The van der Waals surface area contributed by atoms with E-state index in [-0.39, 0.29) is 11.7 Å². The fourth-order valence-electron chi connectivity index (χ4n) is 4.08. The summed E-state index contributed by atoms with van der Waals surface area (Å²) in [6.45, 7) is 0. The number of fused-ring (bicyclic) bond motifs is 1. The van der Waals surface area contributed by atoms with Gasteiger partial charge in [0.25, 0.3) is 5.91 Å². The molecule has 0 aliphatic carbocycles. The lowest BCUT2D eigenvalue weighted by molar-refractivity contribution is -0.126. The van der Waals surface area contributed by atoms with Crippen molar-refractivity contribution in [2.75, 3.05) is 9.96 Å². The van der Waals surface area contributed by atoms with E-state index in [1.54, 1.807) is 41.5 Å². The van der Waals surface area contributed by atoms with Crippen molar-refractivity contribution in [3.63, 3.8) is 0 Å². The van der Waals surface area contributed by atoms with Crippen LogP contribution >= 0.6 is 11.6 Å². The van der Waals surface area contributed by atoms with Crippen molar-refractivity contribution in [2.45, 2.75) is 12.1 Å². The van der Waals surface area contributed by atoms with Crippen LogP contribution in [0.25, 0.3) is 0 Å². The summed E-state index contributed by atoms with van der Waals surface area (Å²) in [6.07, 6.45) is -0.980. The van der Waals surface area contributed by atoms with E-state index >= 15 is 0 Å². The van der Waals surface area contributed by atoms with Crippen molar-refractivity contribution >= 4 is 34.8 Å². The zero-order chi connectivity index (χ0) is 20.8. The quantitative estimate of drug-likeness (QED) is 0.582. The highest BCUT2D eigenvalue weighted by atomic mass is 35.5. The molecule has 7 heteroatoms. The van der Waals surface area contributed by atoms with E-state index < -0.39 is 24.0 Å². The molecule has 5 nitrogen and oxygen atoms in total. The monoisotopic (exact) mass is 422 g/mol. The number of hydrogen-bond donors (Lipinski definition) is 0. The molecule has 3 atom stereocenters. The number of hydroxylamine groups is 1. The number of benzene rings is 3. The molecule has 2 amide bonds. The van der Waals surface area contributed by atoms with Gasteiger partial charge in [0, 0.05) is 5.02 Å². The van der Waals surface area contributed by atoms with Gasteiger partial charge in [-0.3, -0.25) is 14.4 Å². The molecule has 5 rings (SSSR count). The van der Waals surface area contributed by atoms with Crippen LogP contribution in [-0.4, -0.2) is 17.9 Å². The largest absolute Gasteiger partial charge is 0.273 e. The van der Waals surface area contributed by atoms with Crippen LogP contribution in [0, 0.1) is 11.7 Å². The Hall–Kier alpha value is -3.22. The van der Waals surface area contributed by atoms with Gasteiger partial charge in [0.05, 0.1) is 17.4 Å². The Balaban J connectivity index is 1.59. The summed E-state index contributed by atoms with van der Waals surface area (Å²) in [6, 6.07) is 21.1. The van der Waals surface area contributed by atoms with E-state index in [1.807, 2.05) is 30.3 Å². The number of nitrogens with zero attached hydrogens (tertiary/aromatic N) is 2. The first-order valence-corrected chi connectivity index (χ1v) is 9.82. The van der Waals surface area contributed by atoms with Crippen LogP contribution in [-0.2, 0) is 14.4 Å². The van der Waals surface area contributed by atoms with Gasteiger partial charge in [0.2, 0.25) is 5.91 Å². The standard InChI is InChI=1S/C23H16ClFN2O3/c24-15-5-4-8-18(13-15)26-22(28)19-20(14-9-11-16(25)12-10-14)27(30-21(19)23(26)29)17-6-2-1-3-7-17/h1-13,19-21H/t19-,20-,21+/m0/s1. The smallest absolute Gasteiger partial charge is 0.266 e. The highest BCUT2D eigenvalue weighted by Crippen LogP contribution is 2.47. The molecule has 150 valence electrons. The normalized spacial score (nSPS) is 23.2. The summed E-state index contributed by atoms with van der Waals surface area (Å²) in [5, 5.41) is 2.00. The van der Waals surface area contributed by atoms with E-state index in [4.69, 9.17) is 16.4 Å². The zero-order valence-electron chi connectivity index (χ0n) is 15.6. The minimum Gasteiger partial charge on any atom is -0.273 e. The van der Waals surface area contributed by atoms with Crippen LogP contribution in [0.15, 0.2) is 78.9 Å². The number of carbonyl (C=O) groups is 2. The fourth-order valence-corrected chi connectivity index (χ4v) is 4.27. The van der Waals surface area contributed by atoms with Gasteiger partial charge in [0.15, 0.2) is 6.10 Å². The second-order valence-corrected chi connectivity index (χ2v) is 7.64. The maximum atomic E-state index is 13.5. The summed E-state index contributed by atoms with van der Waals surface area (Å²) in [5.74, 6) is -1.98. The Morgan fingerprint density at radius 2 is 1.53 bits per heavy atom. The van der Waals surface area contributed by atoms with E-state index in [9.17, 15) is 14.0 Å². The van der Waals surface area contributed by atoms with E-state index in [1.165, 1.54) is 12.1 Å². The van der Waals surface area contributed by atoms with Gasteiger partial charge in [-0.15, -0.1) is 0 Å². The van der Waals surface area contributed by atoms with Gasteiger partial charge in [0.1, 0.15) is 11.7 Å². The average Bonchev–Trinajstić information content (AvgIpc) is 3.26. The lowest BCUT2D eigenvalue weighted by Crippen LogP contribution is -2.37. The number of imide groups is 1. The van der Waals surface area contributed by atoms with Crippen LogP contribution < -0.4 is 9.96 Å². The molecule has 2 aliphatic heterocycles. The molecule has 0 bridgehead atoms. The molecule has 30 heavy (non-hydrogen) atoms. The molecule has 2 aliphatic rings. The number of amides is 2. The van der Waals surface area contributed by atoms with Crippen molar-refractivity contribution < 1.29 is 18.8 Å². The van der Waals surface area contributed by atoms with Crippen LogP contribution in [0.3, 0.4) is 0 Å². The fraction of sp³-hybridized carbons (Fsp3) is 0.130. The number of halogens is 2. The molecule has 2 fully saturated rings.